The molecule has 0 radical (unpaired) electrons. The zero-order chi connectivity index (χ0) is 44.1. The zero-order valence-corrected chi connectivity index (χ0v) is 35.3. The third-order valence-corrected chi connectivity index (χ3v) is 11.5. The van der Waals surface area contributed by atoms with Gasteiger partial charge in [0.25, 0.3) is 5.16 Å². The van der Waals surface area contributed by atoms with Crippen molar-refractivity contribution >= 4 is 38.8 Å². The number of aromatic nitrogens is 8. The van der Waals surface area contributed by atoms with Gasteiger partial charge in [-0.1, -0.05) is 0 Å². The number of nitrogens with zero attached hydrogens (tertiary/aromatic N) is 10. The number of hydrogen-bond donors (Lipinski definition) is 2. The lowest BCUT2D eigenvalue weighted by Crippen LogP contribution is -2.66. The molecule has 4 aromatic heterocycles. The molecule has 4 aliphatic rings. The normalized spacial score (nSPS) is 16.9. The molecular weight excluding hydrogens is 833 g/mol. The van der Waals surface area contributed by atoms with Crippen LogP contribution in [0.4, 0.5) is 46.5 Å². The van der Waals surface area contributed by atoms with Crippen molar-refractivity contribution in [3.05, 3.63) is 107 Å². The fourth-order valence-electron chi connectivity index (χ4n) is 7.52. The van der Waals surface area contributed by atoms with Crippen LogP contribution in [-0.2, 0) is 19.3 Å². The second-order valence-corrected chi connectivity index (χ2v) is 18.2. The largest absolute Gasteiger partial charge is 0.396 e. The second-order valence-electron chi connectivity index (χ2n) is 16.3. The van der Waals surface area contributed by atoms with Gasteiger partial charge in [-0.2, -0.15) is 25.1 Å². The third-order valence-electron chi connectivity index (χ3n) is 10.7. The Balaban J connectivity index is 0.000000144. The molecule has 8 heterocycles. The first-order valence-corrected chi connectivity index (χ1v) is 21.4. The van der Waals surface area contributed by atoms with Crippen LogP contribution in [-0.4, -0.2) is 107 Å². The highest BCUT2D eigenvalue weighted by molar-refractivity contribution is 7.90. The molecule has 3 N–H and O–H groups in total. The van der Waals surface area contributed by atoms with E-state index in [-0.39, 0.29) is 33.3 Å². The van der Waals surface area contributed by atoms with Gasteiger partial charge in [0.2, 0.25) is 15.8 Å². The van der Waals surface area contributed by atoms with Crippen LogP contribution in [0.3, 0.4) is 0 Å². The molecule has 10 rings (SSSR count). The lowest BCUT2D eigenvalue weighted by atomic mass is 9.78. The van der Waals surface area contributed by atoms with Crippen LogP contribution in [0.2, 0.25) is 0 Å². The minimum absolute atomic E-state index is 0.0311. The Labute approximate surface area is 354 Å². The summed E-state index contributed by atoms with van der Waals surface area (Å²) >= 11 is 0. The number of halogens is 4. The van der Waals surface area contributed by atoms with Gasteiger partial charge in [-0.3, -0.25) is 0 Å². The first kappa shape index (κ1) is 42.5. The summed E-state index contributed by atoms with van der Waals surface area (Å²) < 4.78 is 89.6. The van der Waals surface area contributed by atoms with E-state index in [2.05, 4.69) is 45.2 Å². The Hall–Kier alpha value is -6.19. The van der Waals surface area contributed by atoms with Gasteiger partial charge in [0, 0.05) is 68.1 Å². The molecule has 4 saturated heterocycles. The second kappa shape index (κ2) is 16.3. The molecule has 0 atom stereocenters. The Morgan fingerprint density at radius 2 is 1.08 bits per heavy atom. The highest BCUT2D eigenvalue weighted by Gasteiger charge is 2.50. The van der Waals surface area contributed by atoms with Crippen LogP contribution >= 0.6 is 0 Å². The Kier molecular flexibility index (Phi) is 11.1. The van der Waals surface area contributed by atoms with Gasteiger partial charge in [0.15, 0.2) is 11.6 Å². The Bertz CT molecular complexity index is 2760. The van der Waals surface area contributed by atoms with E-state index in [0.717, 1.165) is 106 Å². The number of rotatable bonds is 7. The first-order valence-electron chi connectivity index (χ1n) is 19.5. The van der Waals surface area contributed by atoms with Gasteiger partial charge >= 0.3 is 0 Å². The van der Waals surface area contributed by atoms with E-state index in [1.807, 2.05) is 45.9 Å². The average molecular weight is 877 g/mol. The van der Waals surface area contributed by atoms with Crippen LogP contribution in [0.1, 0.15) is 22.8 Å². The topological polar surface area (TPSA) is 184 Å². The van der Waals surface area contributed by atoms with Gasteiger partial charge in [-0.25, -0.2) is 40.3 Å². The maximum atomic E-state index is 14.1. The lowest BCUT2D eigenvalue weighted by molar-refractivity contribution is -0.127. The monoisotopic (exact) mass is 876 g/mol. The molecule has 2 spiro atoms. The van der Waals surface area contributed by atoms with E-state index in [9.17, 15) is 26.0 Å². The van der Waals surface area contributed by atoms with E-state index >= 15 is 0 Å². The Morgan fingerprint density at radius 1 is 0.629 bits per heavy atom. The number of nitrogen functional groups attached to an aromatic ring is 1. The maximum absolute atomic E-state index is 14.1. The highest BCUT2D eigenvalue weighted by atomic mass is 32.2. The quantitative estimate of drug-likeness (QED) is 0.121. The molecule has 0 amide bonds. The highest BCUT2D eigenvalue weighted by Crippen LogP contribution is 2.41. The van der Waals surface area contributed by atoms with Gasteiger partial charge in [-0.15, -0.1) is 0 Å². The number of aryl methyl sites for hydroxylation is 4. The van der Waals surface area contributed by atoms with Crippen LogP contribution in [0.5, 0.6) is 0 Å². The first-order chi connectivity index (χ1) is 29.4. The molecule has 4 aliphatic heterocycles. The summed E-state index contributed by atoms with van der Waals surface area (Å²) in [5.41, 5.74) is 9.11. The molecule has 0 aliphatic carbocycles. The molecule has 0 saturated carbocycles. The molecule has 21 heteroatoms. The number of sulfone groups is 1. The van der Waals surface area contributed by atoms with Crippen molar-refractivity contribution in [2.24, 2.45) is 10.8 Å². The van der Waals surface area contributed by atoms with Crippen molar-refractivity contribution in [3.63, 3.8) is 0 Å². The predicted octanol–water partition coefficient (Wildman–Crippen LogP) is 5.20. The number of benzene rings is 2. The molecule has 2 aromatic carbocycles. The summed E-state index contributed by atoms with van der Waals surface area (Å²) in [5, 5.41) is 11.6. The molecular formula is C41H44F4N12O4S. The number of nitrogens with one attached hydrogen (secondary N) is 1. The predicted molar refractivity (Wildman–Crippen MR) is 222 cm³/mol. The lowest BCUT2D eigenvalue weighted by Gasteiger charge is -2.55. The molecule has 4 fully saturated rings. The number of ether oxygens (including phenoxy) is 2. The number of anilines is 5. The van der Waals surface area contributed by atoms with Crippen molar-refractivity contribution in [2.45, 2.75) is 32.9 Å². The maximum Gasteiger partial charge on any atom is 0.250 e. The molecule has 0 unspecified atom stereocenters. The Morgan fingerprint density at radius 3 is 1.50 bits per heavy atom. The average Bonchev–Trinajstić information content (AvgIpc) is 3.67. The molecule has 6 aromatic rings. The van der Waals surface area contributed by atoms with Crippen LogP contribution in [0, 0.1) is 61.8 Å². The van der Waals surface area contributed by atoms with Crippen molar-refractivity contribution in [1.29, 1.82) is 0 Å². The smallest absolute Gasteiger partial charge is 0.250 e. The van der Waals surface area contributed by atoms with Crippen molar-refractivity contribution in [1.82, 2.24) is 39.5 Å². The minimum Gasteiger partial charge on any atom is -0.396 e. The molecule has 0 bridgehead atoms. The van der Waals surface area contributed by atoms with Gasteiger partial charge < -0.3 is 30.3 Å². The van der Waals surface area contributed by atoms with Gasteiger partial charge in [0.1, 0.15) is 34.9 Å². The summed E-state index contributed by atoms with van der Waals surface area (Å²) in [5.74, 6) is -0.0530. The van der Waals surface area contributed by atoms with Crippen LogP contribution < -0.4 is 20.9 Å². The van der Waals surface area contributed by atoms with E-state index < -0.39 is 33.1 Å². The van der Waals surface area contributed by atoms with Crippen LogP contribution in [0.25, 0.3) is 11.6 Å². The molecule has 16 nitrogen and oxygen atoms in total. The third kappa shape index (κ3) is 8.91. The standard InChI is InChI=1S/C20H20F2N6O.C15H19N5O3S.C6H5F2N/c1-12-5-13(2)28(26-12)18-7-17(27-8-20(9-27)10-29-11-20)24-19(25-18)23-16-4-3-14(21)6-15(16)22;1-10-4-11(2)20(18-10)13-5-12(16-14(17-13)24(3,21)22)19-6-15(7-19)8-23-9-15;7-4-1-2-6(9)5(8)3-4/h3-7H,8-11H2,1-2H3,(H,23,24,25);4-5H,6-9H2,1-3H3;1-3H,9H2. The summed E-state index contributed by atoms with van der Waals surface area (Å²) in [7, 11) is -3.51. The zero-order valence-electron chi connectivity index (χ0n) is 34.5. The summed E-state index contributed by atoms with van der Waals surface area (Å²) in [4.78, 5) is 21.8. The van der Waals surface area contributed by atoms with E-state index in [4.69, 9.17) is 15.2 Å². The van der Waals surface area contributed by atoms with Crippen molar-refractivity contribution in [3.8, 4) is 11.6 Å². The fraction of sp³-hybridized carbons (Fsp3) is 0.366. The van der Waals surface area contributed by atoms with Crippen LogP contribution in [0.15, 0.2) is 65.8 Å². The molecule has 326 valence electrons. The number of nitrogens with two attached hydrogens (primary N) is 1. The summed E-state index contributed by atoms with van der Waals surface area (Å²) in [6.45, 7) is 14.1. The van der Waals surface area contributed by atoms with Crippen molar-refractivity contribution in [2.75, 3.05) is 79.7 Å². The van der Waals surface area contributed by atoms with Crippen molar-refractivity contribution < 1.29 is 35.5 Å². The van der Waals surface area contributed by atoms with E-state index in [0.29, 0.717) is 17.5 Å². The molecule has 62 heavy (non-hydrogen) atoms. The van der Waals surface area contributed by atoms with Gasteiger partial charge in [-0.05, 0) is 64.1 Å². The van der Waals surface area contributed by atoms with E-state index in [1.54, 1.807) is 15.4 Å². The summed E-state index contributed by atoms with van der Waals surface area (Å²) in [6.07, 6.45) is 1.12. The fourth-order valence-corrected chi connectivity index (χ4v) is 8.04. The number of hydrogen-bond acceptors (Lipinski definition) is 14. The minimum atomic E-state index is -3.51. The SMILES string of the molecule is Cc1cc(C)n(-c2cc(N3CC4(COC4)C3)nc(Nc3ccc(F)cc3F)n2)n1.Cc1cc(C)n(-c2cc(N3CC4(COC4)C3)nc(S(C)(=O)=O)n2)n1.Nc1ccc(F)cc1F. The van der Waals surface area contributed by atoms with E-state index in [1.165, 1.54) is 18.2 Å². The summed E-state index contributed by atoms with van der Waals surface area (Å²) in [6, 6.07) is 13.9. The van der Waals surface area contributed by atoms with Gasteiger partial charge in [0.05, 0.1) is 60.0 Å².